The number of nitrogens with one attached hydrogen (secondary N) is 1. The summed E-state index contributed by atoms with van der Waals surface area (Å²) in [6.07, 6.45) is 5.43. The van der Waals surface area contributed by atoms with Gasteiger partial charge in [-0.1, -0.05) is 19.8 Å². The summed E-state index contributed by atoms with van der Waals surface area (Å²) in [5, 5.41) is 3.25. The first-order chi connectivity index (χ1) is 5.81. The molecule has 0 aromatic heterocycles. The van der Waals surface area contributed by atoms with E-state index in [0.717, 1.165) is 0 Å². The van der Waals surface area contributed by atoms with Crippen molar-refractivity contribution in [1.82, 2.24) is 5.32 Å². The van der Waals surface area contributed by atoms with Crippen LogP contribution in [0, 0.1) is 0 Å². The van der Waals surface area contributed by atoms with Crippen LogP contribution >= 0.6 is 11.8 Å². The lowest BCUT2D eigenvalue weighted by Gasteiger charge is -2.08. The first kappa shape index (κ1) is 12.3. The van der Waals surface area contributed by atoms with Gasteiger partial charge in [0.05, 0.1) is 0 Å². The predicted octanol–water partition coefficient (Wildman–Crippen LogP) is 2.91. The molecule has 0 bridgehead atoms. The summed E-state index contributed by atoms with van der Waals surface area (Å²) in [6, 6.07) is 0.684. The van der Waals surface area contributed by atoms with E-state index in [1.165, 1.54) is 37.2 Å². The second-order valence-corrected chi connectivity index (χ2v) is 4.52. The van der Waals surface area contributed by atoms with Crippen molar-refractivity contribution in [2.24, 2.45) is 0 Å². The summed E-state index contributed by atoms with van der Waals surface area (Å²) in [5.41, 5.74) is 0. The van der Waals surface area contributed by atoms with E-state index < -0.39 is 0 Å². The molecule has 12 heavy (non-hydrogen) atoms. The molecule has 1 atom stereocenters. The Bertz CT molecular complexity index is 85.9. The molecule has 0 spiro atoms. The largest absolute Gasteiger partial charge is 0.317 e. The van der Waals surface area contributed by atoms with Crippen LogP contribution in [0.2, 0.25) is 0 Å². The molecule has 0 aliphatic heterocycles. The van der Waals surface area contributed by atoms with Gasteiger partial charge >= 0.3 is 0 Å². The molecule has 74 valence electrons. The fourth-order valence-corrected chi connectivity index (χ4v) is 2.09. The highest BCUT2D eigenvalue weighted by atomic mass is 32.2. The van der Waals surface area contributed by atoms with E-state index in [0.29, 0.717) is 6.04 Å². The zero-order valence-electron chi connectivity index (χ0n) is 8.73. The van der Waals surface area contributed by atoms with E-state index >= 15 is 0 Å². The Hall–Kier alpha value is 0.310. The summed E-state index contributed by atoms with van der Waals surface area (Å²) in [5.74, 6) is 2.66. The minimum absolute atomic E-state index is 0.684. The highest BCUT2D eigenvalue weighted by Gasteiger charge is 1.96. The lowest BCUT2D eigenvalue weighted by atomic mass is 10.3. The molecule has 0 saturated heterocycles. The Kier molecular flexibility index (Phi) is 9.64. The van der Waals surface area contributed by atoms with Gasteiger partial charge < -0.3 is 5.32 Å². The smallest absolute Gasteiger partial charge is 0.00435 e. The van der Waals surface area contributed by atoms with Gasteiger partial charge in [0.2, 0.25) is 0 Å². The second-order valence-electron chi connectivity index (χ2n) is 3.30. The minimum Gasteiger partial charge on any atom is -0.317 e. The van der Waals surface area contributed by atoms with Gasteiger partial charge in [-0.15, -0.1) is 0 Å². The highest BCUT2D eigenvalue weighted by molar-refractivity contribution is 7.99. The third-order valence-electron chi connectivity index (χ3n) is 2.08. The van der Waals surface area contributed by atoms with Crippen LogP contribution in [0.3, 0.4) is 0 Å². The maximum Gasteiger partial charge on any atom is 0.00435 e. The molecule has 1 N–H and O–H groups in total. The lowest BCUT2D eigenvalue weighted by molar-refractivity contribution is 0.597. The number of hydrogen-bond acceptors (Lipinski definition) is 2. The molecule has 1 nitrogen and oxygen atoms in total. The molecule has 0 aliphatic rings. The first-order valence-corrected chi connectivity index (χ1v) is 6.21. The van der Waals surface area contributed by atoms with Crippen LogP contribution < -0.4 is 5.32 Å². The van der Waals surface area contributed by atoms with Gasteiger partial charge in [0.25, 0.3) is 0 Å². The van der Waals surface area contributed by atoms with Crippen LogP contribution in [-0.4, -0.2) is 24.6 Å². The molecule has 0 amide bonds. The third-order valence-corrected chi connectivity index (χ3v) is 3.18. The fourth-order valence-electron chi connectivity index (χ4n) is 0.961. The van der Waals surface area contributed by atoms with Gasteiger partial charge in [0.15, 0.2) is 0 Å². The second kappa shape index (κ2) is 9.40. The van der Waals surface area contributed by atoms with Crippen molar-refractivity contribution < 1.29 is 0 Å². The van der Waals surface area contributed by atoms with Crippen molar-refractivity contribution in [3.8, 4) is 0 Å². The SMILES string of the molecule is CCCCCSCCC(C)NC. The van der Waals surface area contributed by atoms with Gasteiger partial charge in [-0.2, -0.15) is 11.8 Å². The molecule has 1 unspecified atom stereocenters. The van der Waals surface area contributed by atoms with Crippen molar-refractivity contribution in [3.63, 3.8) is 0 Å². The standard InChI is InChI=1S/C10H23NS/c1-4-5-6-8-12-9-7-10(2)11-3/h10-11H,4-9H2,1-3H3. The lowest BCUT2D eigenvalue weighted by Crippen LogP contribution is -2.21. The van der Waals surface area contributed by atoms with Crippen molar-refractivity contribution in [2.45, 2.75) is 45.6 Å². The summed E-state index contributed by atoms with van der Waals surface area (Å²) < 4.78 is 0. The number of rotatable bonds is 8. The molecule has 2 heteroatoms. The topological polar surface area (TPSA) is 12.0 Å². The summed E-state index contributed by atoms with van der Waals surface area (Å²) in [6.45, 7) is 4.50. The van der Waals surface area contributed by atoms with Gasteiger partial charge in [0.1, 0.15) is 0 Å². The average Bonchev–Trinajstić information content (AvgIpc) is 2.10. The quantitative estimate of drug-likeness (QED) is 0.589. The van der Waals surface area contributed by atoms with E-state index in [1.807, 2.05) is 7.05 Å². The Balaban J connectivity index is 2.90. The van der Waals surface area contributed by atoms with E-state index in [9.17, 15) is 0 Å². The normalized spacial score (nSPS) is 13.2. The molecule has 0 aromatic rings. The molecule has 0 radical (unpaired) electrons. The van der Waals surface area contributed by atoms with Crippen LogP contribution in [0.15, 0.2) is 0 Å². The van der Waals surface area contributed by atoms with E-state index in [2.05, 4.69) is 30.9 Å². The van der Waals surface area contributed by atoms with Crippen LogP contribution in [0.5, 0.6) is 0 Å². The molecule has 0 aromatic carbocycles. The summed E-state index contributed by atoms with van der Waals surface area (Å²) >= 11 is 2.10. The summed E-state index contributed by atoms with van der Waals surface area (Å²) in [7, 11) is 2.03. The van der Waals surface area contributed by atoms with E-state index in [4.69, 9.17) is 0 Å². The minimum atomic E-state index is 0.684. The van der Waals surface area contributed by atoms with Crippen LogP contribution in [-0.2, 0) is 0 Å². The van der Waals surface area contributed by atoms with Crippen LogP contribution in [0.25, 0.3) is 0 Å². The third kappa shape index (κ3) is 8.41. The zero-order chi connectivity index (χ0) is 9.23. The molecular formula is C10H23NS. The first-order valence-electron chi connectivity index (χ1n) is 5.06. The maximum atomic E-state index is 3.25. The van der Waals surface area contributed by atoms with Gasteiger partial charge in [-0.25, -0.2) is 0 Å². The monoisotopic (exact) mass is 189 g/mol. The van der Waals surface area contributed by atoms with Gasteiger partial charge in [-0.3, -0.25) is 0 Å². The Morgan fingerprint density at radius 1 is 1.25 bits per heavy atom. The Labute approximate surface area is 81.7 Å². The fraction of sp³-hybridized carbons (Fsp3) is 1.00. The Morgan fingerprint density at radius 2 is 2.00 bits per heavy atom. The van der Waals surface area contributed by atoms with E-state index in [1.54, 1.807) is 0 Å². The van der Waals surface area contributed by atoms with Crippen molar-refractivity contribution in [2.75, 3.05) is 18.6 Å². The summed E-state index contributed by atoms with van der Waals surface area (Å²) in [4.78, 5) is 0. The van der Waals surface area contributed by atoms with Gasteiger partial charge in [0, 0.05) is 6.04 Å². The Morgan fingerprint density at radius 3 is 2.58 bits per heavy atom. The highest BCUT2D eigenvalue weighted by Crippen LogP contribution is 2.08. The van der Waals surface area contributed by atoms with Crippen LogP contribution in [0.1, 0.15) is 39.5 Å². The van der Waals surface area contributed by atoms with Crippen molar-refractivity contribution in [3.05, 3.63) is 0 Å². The van der Waals surface area contributed by atoms with Crippen molar-refractivity contribution in [1.29, 1.82) is 0 Å². The van der Waals surface area contributed by atoms with Crippen molar-refractivity contribution >= 4 is 11.8 Å². The van der Waals surface area contributed by atoms with E-state index in [-0.39, 0.29) is 0 Å². The number of hydrogen-bond donors (Lipinski definition) is 1. The zero-order valence-corrected chi connectivity index (χ0v) is 9.54. The molecular weight excluding hydrogens is 166 g/mol. The number of thioether (sulfide) groups is 1. The van der Waals surface area contributed by atoms with Crippen LogP contribution in [0.4, 0.5) is 0 Å². The predicted molar refractivity (Wildman–Crippen MR) is 60.0 cm³/mol. The maximum absolute atomic E-state index is 3.25. The molecule has 0 aliphatic carbocycles. The molecule has 0 heterocycles. The van der Waals surface area contributed by atoms with Gasteiger partial charge in [-0.05, 0) is 38.3 Å². The molecule has 0 saturated carbocycles. The molecule has 0 fully saturated rings. The average molecular weight is 189 g/mol. The molecule has 0 rings (SSSR count). The number of unbranched alkanes of at least 4 members (excludes halogenated alkanes) is 2.